The van der Waals surface area contributed by atoms with Crippen LogP contribution in [0.25, 0.3) is 0 Å². The second-order valence-corrected chi connectivity index (χ2v) is 6.00. The molecule has 0 saturated carbocycles. The van der Waals surface area contributed by atoms with Gasteiger partial charge in [0.25, 0.3) is 0 Å². The molecule has 0 saturated heterocycles. The molecule has 102 valence electrons. The predicted octanol–water partition coefficient (Wildman–Crippen LogP) is 4.73. The molecule has 2 aromatic rings. The molecule has 1 aromatic carbocycles. The monoisotopic (exact) mass is 293 g/mol. The van der Waals surface area contributed by atoms with Crippen molar-refractivity contribution in [3.05, 3.63) is 57.2 Å². The second kappa shape index (κ2) is 7.68. The summed E-state index contributed by atoms with van der Waals surface area (Å²) in [5, 5.41) is 8.72. The summed E-state index contributed by atoms with van der Waals surface area (Å²) in [6.45, 7) is 4.29. The maximum absolute atomic E-state index is 5.97. The Labute approximate surface area is 124 Å². The van der Waals surface area contributed by atoms with Gasteiger partial charge in [-0.2, -0.15) is 11.3 Å². The smallest absolute Gasteiger partial charge is 0.0406 e. The predicted molar refractivity (Wildman–Crippen MR) is 85.4 cm³/mol. The average molecular weight is 294 g/mol. The topological polar surface area (TPSA) is 12.0 Å². The van der Waals surface area contributed by atoms with Crippen LogP contribution in [0.4, 0.5) is 0 Å². The summed E-state index contributed by atoms with van der Waals surface area (Å²) < 4.78 is 0. The fourth-order valence-corrected chi connectivity index (χ4v) is 3.00. The van der Waals surface area contributed by atoms with Crippen LogP contribution in [0.1, 0.15) is 30.4 Å². The molecule has 0 spiro atoms. The van der Waals surface area contributed by atoms with E-state index in [1.165, 1.54) is 17.5 Å². The number of benzene rings is 1. The van der Waals surface area contributed by atoms with Crippen molar-refractivity contribution in [3.63, 3.8) is 0 Å². The number of nitrogens with one attached hydrogen (secondary N) is 1. The lowest BCUT2D eigenvalue weighted by Crippen LogP contribution is -2.23. The highest BCUT2D eigenvalue weighted by molar-refractivity contribution is 7.07. The molecule has 1 atom stereocenters. The number of hydrogen-bond donors (Lipinski definition) is 1. The van der Waals surface area contributed by atoms with E-state index in [4.69, 9.17) is 11.6 Å². The van der Waals surface area contributed by atoms with Crippen molar-refractivity contribution >= 4 is 22.9 Å². The van der Waals surface area contributed by atoms with Gasteiger partial charge in [-0.3, -0.25) is 0 Å². The van der Waals surface area contributed by atoms with Crippen molar-refractivity contribution < 1.29 is 0 Å². The molecular formula is C16H20ClNS. The van der Waals surface area contributed by atoms with E-state index in [1.807, 2.05) is 12.1 Å². The molecule has 0 bridgehead atoms. The molecule has 0 aliphatic carbocycles. The average Bonchev–Trinajstić information content (AvgIpc) is 2.92. The summed E-state index contributed by atoms with van der Waals surface area (Å²) in [4.78, 5) is 0. The van der Waals surface area contributed by atoms with Crippen LogP contribution in [0.5, 0.6) is 0 Å². The largest absolute Gasteiger partial charge is 0.316 e. The van der Waals surface area contributed by atoms with E-state index in [0.29, 0.717) is 5.92 Å². The molecule has 1 aromatic heterocycles. The summed E-state index contributed by atoms with van der Waals surface area (Å²) in [5.74, 6) is 0.512. The zero-order chi connectivity index (χ0) is 13.5. The fraction of sp³-hybridized carbons (Fsp3) is 0.375. The molecule has 0 aliphatic heterocycles. The van der Waals surface area contributed by atoms with Gasteiger partial charge in [-0.05, 0) is 59.5 Å². The summed E-state index contributed by atoms with van der Waals surface area (Å²) >= 11 is 7.74. The van der Waals surface area contributed by atoms with Crippen LogP contribution in [0.15, 0.2) is 41.1 Å². The van der Waals surface area contributed by atoms with E-state index < -0.39 is 0 Å². The Hall–Kier alpha value is -0.830. The number of thiophene rings is 1. The lowest BCUT2D eigenvalue weighted by Gasteiger charge is -2.18. The number of rotatable bonds is 7. The van der Waals surface area contributed by atoms with Crippen molar-refractivity contribution in [1.82, 2.24) is 5.32 Å². The third-order valence-corrected chi connectivity index (χ3v) is 4.21. The third-order valence-electron chi connectivity index (χ3n) is 3.22. The van der Waals surface area contributed by atoms with Gasteiger partial charge < -0.3 is 5.32 Å². The number of hydrogen-bond acceptors (Lipinski definition) is 2. The van der Waals surface area contributed by atoms with Crippen molar-refractivity contribution in [2.45, 2.75) is 25.7 Å². The highest BCUT2D eigenvalue weighted by Crippen LogP contribution is 2.23. The Morgan fingerprint density at radius 2 is 2.00 bits per heavy atom. The molecule has 2 rings (SSSR count). The molecule has 19 heavy (non-hydrogen) atoms. The van der Waals surface area contributed by atoms with Gasteiger partial charge in [-0.15, -0.1) is 0 Å². The van der Waals surface area contributed by atoms with Crippen molar-refractivity contribution in [1.29, 1.82) is 0 Å². The van der Waals surface area contributed by atoms with Crippen molar-refractivity contribution in [3.8, 4) is 0 Å². The summed E-state index contributed by atoms with van der Waals surface area (Å²) in [6.07, 6.45) is 2.26. The highest BCUT2D eigenvalue weighted by atomic mass is 35.5. The van der Waals surface area contributed by atoms with Gasteiger partial charge >= 0.3 is 0 Å². The van der Waals surface area contributed by atoms with E-state index in [0.717, 1.165) is 24.5 Å². The maximum atomic E-state index is 5.97. The Balaban J connectivity index is 2.06. The van der Waals surface area contributed by atoms with Crippen molar-refractivity contribution in [2.75, 3.05) is 13.1 Å². The Morgan fingerprint density at radius 3 is 2.63 bits per heavy atom. The third kappa shape index (κ3) is 4.64. The summed E-state index contributed by atoms with van der Waals surface area (Å²) in [6, 6.07) is 10.5. The quantitative estimate of drug-likeness (QED) is 0.728. The molecule has 1 nitrogen and oxygen atoms in total. The molecule has 1 heterocycles. The van der Waals surface area contributed by atoms with Gasteiger partial charge in [0.05, 0.1) is 0 Å². The highest BCUT2D eigenvalue weighted by Gasteiger charge is 2.12. The van der Waals surface area contributed by atoms with Gasteiger partial charge in [0.15, 0.2) is 0 Å². The first kappa shape index (κ1) is 14.6. The molecular weight excluding hydrogens is 274 g/mol. The van der Waals surface area contributed by atoms with E-state index >= 15 is 0 Å². The second-order valence-electron chi connectivity index (χ2n) is 4.79. The van der Waals surface area contributed by atoms with Crippen LogP contribution in [0.3, 0.4) is 0 Å². The maximum Gasteiger partial charge on any atom is 0.0406 e. The minimum atomic E-state index is 0.512. The first-order chi connectivity index (χ1) is 9.29. The molecule has 3 heteroatoms. The Morgan fingerprint density at radius 1 is 1.21 bits per heavy atom. The zero-order valence-corrected chi connectivity index (χ0v) is 12.8. The summed E-state index contributed by atoms with van der Waals surface area (Å²) in [5.41, 5.74) is 2.78. The van der Waals surface area contributed by atoms with E-state index in [9.17, 15) is 0 Å². The molecule has 0 radical (unpaired) electrons. The van der Waals surface area contributed by atoms with Gasteiger partial charge in [0.1, 0.15) is 0 Å². The first-order valence-electron chi connectivity index (χ1n) is 6.77. The number of halogens is 1. The molecule has 1 unspecified atom stereocenters. The van der Waals surface area contributed by atoms with Crippen molar-refractivity contribution in [2.24, 2.45) is 0 Å². The van der Waals surface area contributed by atoms with Gasteiger partial charge in [0.2, 0.25) is 0 Å². The Kier molecular flexibility index (Phi) is 5.90. The SMILES string of the molecule is CCCNCC(Cc1ccsc1)c1ccc(Cl)cc1. The first-order valence-corrected chi connectivity index (χ1v) is 8.09. The molecule has 0 fully saturated rings. The van der Waals surface area contributed by atoms with E-state index in [-0.39, 0.29) is 0 Å². The van der Waals surface area contributed by atoms with Crippen LogP contribution in [-0.4, -0.2) is 13.1 Å². The minimum absolute atomic E-state index is 0.512. The fourth-order valence-electron chi connectivity index (χ4n) is 2.19. The normalized spacial score (nSPS) is 12.5. The zero-order valence-electron chi connectivity index (χ0n) is 11.2. The molecule has 1 N–H and O–H groups in total. The standard InChI is InChI=1S/C16H20ClNS/c1-2-8-18-11-15(10-13-7-9-19-12-13)14-3-5-16(17)6-4-14/h3-7,9,12,15,18H,2,8,10-11H2,1H3. The molecule has 0 amide bonds. The van der Waals surface area contributed by atoms with Crippen LogP contribution in [0.2, 0.25) is 5.02 Å². The van der Waals surface area contributed by atoms with E-state index in [2.05, 4.69) is 41.2 Å². The van der Waals surface area contributed by atoms with Crippen LogP contribution in [-0.2, 0) is 6.42 Å². The van der Waals surface area contributed by atoms with Crippen LogP contribution >= 0.6 is 22.9 Å². The van der Waals surface area contributed by atoms with Gasteiger partial charge in [-0.1, -0.05) is 30.7 Å². The van der Waals surface area contributed by atoms with Gasteiger partial charge in [0, 0.05) is 17.5 Å². The Bertz CT molecular complexity index is 464. The minimum Gasteiger partial charge on any atom is -0.316 e. The van der Waals surface area contributed by atoms with Crippen LogP contribution in [0, 0.1) is 0 Å². The van der Waals surface area contributed by atoms with Crippen LogP contribution < -0.4 is 5.32 Å². The summed E-state index contributed by atoms with van der Waals surface area (Å²) in [7, 11) is 0. The van der Waals surface area contributed by atoms with Gasteiger partial charge in [-0.25, -0.2) is 0 Å². The van der Waals surface area contributed by atoms with E-state index in [1.54, 1.807) is 11.3 Å². The lowest BCUT2D eigenvalue weighted by molar-refractivity contribution is 0.577. The lowest BCUT2D eigenvalue weighted by atomic mass is 9.93. The molecule has 0 aliphatic rings.